The van der Waals surface area contributed by atoms with Gasteiger partial charge in [-0.2, -0.15) is 8.42 Å². The van der Waals surface area contributed by atoms with Crippen molar-refractivity contribution < 1.29 is 26.7 Å². The number of esters is 1. The Morgan fingerprint density at radius 1 is 1.42 bits per heavy atom. The zero-order valence-corrected chi connectivity index (χ0v) is 12.9. The van der Waals surface area contributed by atoms with E-state index in [0.29, 0.717) is 6.61 Å². The fourth-order valence-corrected chi connectivity index (χ4v) is 0.883. The lowest BCUT2D eigenvalue weighted by molar-refractivity contribution is -0.141. The SMILES string of the molecule is C=CC(=O)OCC(C)(C)N(C)C.CCOS(=O)(=O)O. The molecule has 0 aromatic heterocycles. The second-order valence-corrected chi connectivity index (χ2v) is 5.44. The van der Waals surface area contributed by atoms with Crippen molar-refractivity contribution in [2.45, 2.75) is 26.3 Å². The topological polar surface area (TPSA) is 93.1 Å². The predicted octanol–water partition coefficient (Wildman–Crippen LogP) is 0.882. The summed E-state index contributed by atoms with van der Waals surface area (Å²) < 4.78 is 35.6. The Morgan fingerprint density at radius 2 is 1.89 bits per heavy atom. The summed E-state index contributed by atoms with van der Waals surface area (Å²) in [6.45, 7) is 9.14. The Bertz CT molecular complexity index is 375. The minimum atomic E-state index is -4.17. The van der Waals surface area contributed by atoms with Crippen molar-refractivity contribution in [3.05, 3.63) is 12.7 Å². The molecule has 0 unspecified atom stereocenters. The summed E-state index contributed by atoms with van der Waals surface area (Å²) in [5.74, 6) is -0.370. The third kappa shape index (κ3) is 13.3. The van der Waals surface area contributed by atoms with Crippen molar-refractivity contribution in [1.29, 1.82) is 0 Å². The highest BCUT2D eigenvalue weighted by Crippen LogP contribution is 2.09. The van der Waals surface area contributed by atoms with E-state index in [2.05, 4.69) is 10.8 Å². The molecule has 0 amide bonds. The van der Waals surface area contributed by atoms with Crippen molar-refractivity contribution in [2.24, 2.45) is 0 Å². The fourth-order valence-electron chi connectivity index (χ4n) is 0.585. The molecule has 0 aliphatic carbocycles. The number of carbonyl (C=O) groups excluding carboxylic acids is 1. The minimum Gasteiger partial charge on any atom is -0.461 e. The third-order valence-electron chi connectivity index (χ3n) is 2.21. The summed E-state index contributed by atoms with van der Waals surface area (Å²) in [7, 11) is -0.282. The van der Waals surface area contributed by atoms with Crippen LogP contribution < -0.4 is 0 Å². The minimum absolute atomic E-state index is 0.0289. The third-order valence-corrected chi connectivity index (χ3v) is 2.75. The van der Waals surface area contributed by atoms with Gasteiger partial charge in [-0.1, -0.05) is 6.58 Å². The molecule has 0 heterocycles. The van der Waals surface area contributed by atoms with Crippen molar-refractivity contribution in [3.8, 4) is 0 Å². The van der Waals surface area contributed by atoms with E-state index in [1.54, 1.807) is 0 Å². The maximum absolute atomic E-state index is 10.7. The quantitative estimate of drug-likeness (QED) is 0.442. The molecule has 0 saturated heterocycles. The van der Waals surface area contributed by atoms with Crippen LogP contribution in [0, 0.1) is 0 Å². The molecule has 0 bridgehead atoms. The van der Waals surface area contributed by atoms with Gasteiger partial charge in [-0.25, -0.2) is 8.98 Å². The highest BCUT2D eigenvalue weighted by atomic mass is 32.3. The van der Waals surface area contributed by atoms with E-state index in [9.17, 15) is 13.2 Å². The van der Waals surface area contributed by atoms with Crippen LogP contribution in [0.15, 0.2) is 12.7 Å². The molecule has 114 valence electrons. The molecule has 19 heavy (non-hydrogen) atoms. The Balaban J connectivity index is 0. The van der Waals surface area contributed by atoms with Crippen LogP contribution >= 0.6 is 0 Å². The molecule has 0 radical (unpaired) electrons. The van der Waals surface area contributed by atoms with Crippen LogP contribution in [0.2, 0.25) is 0 Å². The maximum atomic E-state index is 10.7. The Hall–Kier alpha value is -0.960. The zero-order chi connectivity index (χ0) is 15.7. The van der Waals surface area contributed by atoms with Crippen molar-refractivity contribution >= 4 is 16.4 Å². The molecule has 0 aromatic rings. The molecule has 0 atom stereocenters. The monoisotopic (exact) mass is 297 g/mol. The number of likely N-dealkylation sites (N-methyl/N-ethyl adjacent to an activating group) is 1. The summed E-state index contributed by atoms with van der Waals surface area (Å²) >= 11 is 0. The molecule has 0 fully saturated rings. The number of ether oxygens (including phenoxy) is 1. The highest BCUT2D eigenvalue weighted by molar-refractivity contribution is 7.80. The maximum Gasteiger partial charge on any atom is 0.397 e. The van der Waals surface area contributed by atoms with Gasteiger partial charge >= 0.3 is 16.4 Å². The van der Waals surface area contributed by atoms with E-state index in [1.807, 2.05) is 32.8 Å². The molecule has 0 aliphatic heterocycles. The van der Waals surface area contributed by atoms with Crippen LogP contribution in [0.1, 0.15) is 20.8 Å². The van der Waals surface area contributed by atoms with Gasteiger partial charge in [-0.3, -0.25) is 4.55 Å². The van der Waals surface area contributed by atoms with Crippen LogP contribution in [0.4, 0.5) is 0 Å². The van der Waals surface area contributed by atoms with Crippen LogP contribution in [0.3, 0.4) is 0 Å². The van der Waals surface area contributed by atoms with Gasteiger partial charge in [-0.05, 0) is 34.9 Å². The average Bonchev–Trinajstić information content (AvgIpc) is 2.25. The second-order valence-electron chi connectivity index (χ2n) is 4.35. The first-order valence-corrected chi connectivity index (χ1v) is 6.91. The smallest absolute Gasteiger partial charge is 0.397 e. The molecule has 0 spiro atoms. The van der Waals surface area contributed by atoms with E-state index in [1.165, 1.54) is 13.0 Å². The first-order valence-electron chi connectivity index (χ1n) is 5.54. The van der Waals surface area contributed by atoms with Gasteiger partial charge in [0.1, 0.15) is 6.61 Å². The fraction of sp³-hybridized carbons (Fsp3) is 0.727. The summed E-state index contributed by atoms with van der Waals surface area (Å²) in [5, 5.41) is 0. The van der Waals surface area contributed by atoms with Crippen LogP contribution in [-0.4, -0.2) is 56.7 Å². The van der Waals surface area contributed by atoms with Gasteiger partial charge in [0.15, 0.2) is 0 Å². The van der Waals surface area contributed by atoms with Gasteiger partial charge < -0.3 is 9.64 Å². The lowest BCUT2D eigenvalue weighted by Crippen LogP contribution is -2.42. The molecule has 8 heteroatoms. The lowest BCUT2D eigenvalue weighted by Gasteiger charge is -2.31. The molecule has 0 saturated carbocycles. The molecule has 0 aromatic carbocycles. The highest BCUT2D eigenvalue weighted by Gasteiger charge is 2.21. The Labute approximate surface area is 115 Å². The largest absolute Gasteiger partial charge is 0.461 e. The van der Waals surface area contributed by atoms with Gasteiger partial charge in [0, 0.05) is 11.6 Å². The van der Waals surface area contributed by atoms with Crippen molar-refractivity contribution in [3.63, 3.8) is 0 Å². The standard InChI is InChI=1S/C9H17NO2.C2H6O4S/c1-6-8(11)12-7-9(2,3)10(4)5;1-2-6-7(3,4)5/h6H,1,7H2,2-5H3;2H2,1H3,(H,3,4,5). The molecule has 7 nitrogen and oxygen atoms in total. The average molecular weight is 297 g/mol. The predicted molar refractivity (Wildman–Crippen MR) is 72.1 cm³/mol. The number of hydrogen-bond donors (Lipinski definition) is 1. The van der Waals surface area contributed by atoms with Crippen LogP contribution in [-0.2, 0) is 24.1 Å². The number of nitrogens with zero attached hydrogens (tertiary/aromatic N) is 1. The van der Waals surface area contributed by atoms with Gasteiger partial charge in [0.25, 0.3) is 0 Å². The van der Waals surface area contributed by atoms with Gasteiger partial charge in [0.2, 0.25) is 0 Å². The first-order chi connectivity index (χ1) is 8.46. The van der Waals surface area contributed by atoms with E-state index in [0.717, 1.165) is 0 Å². The zero-order valence-electron chi connectivity index (χ0n) is 12.0. The molecule has 0 rings (SSSR count). The summed E-state index contributed by atoms with van der Waals surface area (Å²) in [5.41, 5.74) is -0.126. The summed E-state index contributed by atoms with van der Waals surface area (Å²) in [4.78, 5) is 12.7. The number of rotatable bonds is 6. The molecular formula is C11H23NO6S. The Morgan fingerprint density at radius 3 is 2.11 bits per heavy atom. The Kier molecular flexibility index (Phi) is 9.67. The van der Waals surface area contributed by atoms with E-state index < -0.39 is 10.4 Å². The number of hydrogen-bond acceptors (Lipinski definition) is 6. The van der Waals surface area contributed by atoms with Crippen molar-refractivity contribution in [2.75, 3.05) is 27.3 Å². The van der Waals surface area contributed by atoms with Gasteiger partial charge in [0.05, 0.1) is 6.61 Å². The van der Waals surface area contributed by atoms with Crippen molar-refractivity contribution in [1.82, 2.24) is 4.90 Å². The summed E-state index contributed by atoms with van der Waals surface area (Å²) in [6.07, 6.45) is 1.17. The lowest BCUT2D eigenvalue weighted by atomic mass is 10.1. The van der Waals surface area contributed by atoms with E-state index >= 15 is 0 Å². The van der Waals surface area contributed by atoms with E-state index in [-0.39, 0.29) is 18.1 Å². The van der Waals surface area contributed by atoms with Crippen LogP contribution in [0.25, 0.3) is 0 Å². The second kappa shape index (κ2) is 9.03. The normalized spacial score (nSPS) is 11.5. The van der Waals surface area contributed by atoms with Crippen LogP contribution in [0.5, 0.6) is 0 Å². The van der Waals surface area contributed by atoms with Gasteiger partial charge in [-0.15, -0.1) is 0 Å². The molecular weight excluding hydrogens is 274 g/mol. The molecule has 0 aliphatic rings. The number of carbonyl (C=O) groups is 1. The molecule has 1 N–H and O–H groups in total. The first kappa shape index (κ1) is 20.4. The van der Waals surface area contributed by atoms with E-state index in [4.69, 9.17) is 9.29 Å². The summed E-state index contributed by atoms with van der Waals surface area (Å²) in [6, 6.07) is 0.